The van der Waals surface area contributed by atoms with Gasteiger partial charge in [-0.25, -0.2) is 4.98 Å². The van der Waals surface area contributed by atoms with E-state index in [0.29, 0.717) is 10.0 Å². The summed E-state index contributed by atoms with van der Waals surface area (Å²) in [6, 6.07) is 9.59. The number of nitrogens with zero attached hydrogens (tertiary/aromatic N) is 1. The normalized spacial score (nSPS) is 11.2. The van der Waals surface area contributed by atoms with Crippen LogP contribution in [0.4, 0.5) is 0 Å². The second-order valence-corrected chi connectivity index (χ2v) is 5.95. The molecule has 0 aliphatic rings. The van der Waals surface area contributed by atoms with Crippen molar-refractivity contribution in [3.8, 4) is 11.4 Å². The van der Waals surface area contributed by atoms with Gasteiger partial charge in [0.2, 0.25) is 0 Å². The first kappa shape index (κ1) is 13.0. The monoisotopic (exact) mass is 354 g/mol. The van der Waals surface area contributed by atoms with Crippen molar-refractivity contribution in [2.24, 2.45) is 0 Å². The van der Waals surface area contributed by atoms with Gasteiger partial charge >= 0.3 is 0 Å². The molecule has 0 fully saturated rings. The number of aromatic nitrogens is 2. The second kappa shape index (κ2) is 4.82. The molecule has 2 nitrogen and oxygen atoms in total. The molecule has 3 aromatic rings. The largest absolute Gasteiger partial charge is 0.338 e. The number of nitrogens with one attached hydrogen (secondary N) is 1. The molecular weight excluding hydrogens is 347 g/mol. The van der Waals surface area contributed by atoms with E-state index in [2.05, 4.69) is 25.9 Å². The van der Waals surface area contributed by atoms with E-state index in [1.54, 1.807) is 12.1 Å². The summed E-state index contributed by atoms with van der Waals surface area (Å²) < 4.78 is 1.06. The van der Waals surface area contributed by atoms with Crippen LogP contribution in [0.5, 0.6) is 0 Å². The molecule has 96 valence electrons. The van der Waals surface area contributed by atoms with Crippen LogP contribution < -0.4 is 0 Å². The molecule has 0 spiro atoms. The SMILES string of the molecule is Cc1c(Br)cccc1-c1nc2cc(Cl)c(Cl)cc2[nH]1. The van der Waals surface area contributed by atoms with Crippen LogP contribution in [-0.2, 0) is 0 Å². The highest BCUT2D eigenvalue weighted by Gasteiger charge is 2.11. The summed E-state index contributed by atoms with van der Waals surface area (Å²) in [5, 5.41) is 1.04. The van der Waals surface area contributed by atoms with Gasteiger partial charge < -0.3 is 4.98 Å². The number of hydrogen-bond acceptors (Lipinski definition) is 1. The zero-order valence-electron chi connectivity index (χ0n) is 9.97. The van der Waals surface area contributed by atoms with E-state index < -0.39 is 0 Å². The van der Waals surface area contributed by atoms with Crippen molar-refractivity contribution in [3.63, 3.8) is 0 Å². The molecule has 3 rings (SSSR count). The summed E-state index contributed by atoms with van der Waals surface area (Å²) in [4.78, 5) is 7.84. The number of imidazole rings is 1. The molecule has 1 N–H and O–H groups in total. The second-order valence-electron chi connectivity index (χ2n) is 4.28. The van der Waals surface area contributed by atoms with E-state index in [1.165, 1.54) is 0 Å². The number of fused-ring (bicyclic) bond motifs is 1. The Hall–Kier alpha value is -1.03. The lowest BCUT2D eigenvalue weighted by Crippen LogP contribution is -1.86. The van der Waals surface area contributed by atoms with Crippen molar-refractivity contribution in [1.82, 2.24) is 9.97 Å². The highest BCUT2D eigenvalue weighted by molar-refractivity contribution is 9.10. The predicted octanol–water partition coefficient (Wildman–Crippen LogP) is 5.61. The first-order valence-electron chi connectivity index (χ1n) is 5.66. The van der Waals surface area contributed by atoms with E-state index in [1.807, 2.05) is 25.1 Å². The number of benzene rings is 2. The predicted molar refractivity (Wildman–Crippen MR) is 84.0 cm³/mol. The minimum absolute atomic E-state index is 0.512. The summed E-state index contributed by atoms with van der Waals surface area (Å²) in [5.74, 6) is 0.812. The lowest BCUT2D eigenvalue weighted by atomic mass is 10.1. The fourth-order valence-corrected chi connectivity index (χ4v) is 2.68. The van der Waals surface area contributed by atoms with Crippen LogP contribution in [0.1, 0.15) is 5.56 Å². The lowest BCUT2D eigenvalue weighted by Gasteiger charge is -2.03. The van der Waals surface area contributed by atoms with E-state index in [4.69, 9.17) is 23.2 Å². The molecule has 19 heavy (non-hydrogen) atoms. The molecule has 0 aliphatic heterocycles. The van der Waals surface area contributed by atoms with Crippen LogP contribution in [-0.4, -0.2) is 9.97 Å². The average molecular weight is 356 g/mol. The zero-order valence-corrected chi connectivity index (χ0v) is 13.1. The maximum atomic E-state index is 6.01. The maximum absolute atomic E-state index is 6.01. The number of aromatic amines is 1. The molecule has 1 heterocycles. The molecular formula is C14H9BrCl2N2. The van der Waals surface area contributed by atoms with Crippen molar-refractivity contribution in [2.75, 3.05) is 0 Å². The highest BCUT2D eigenvalue weighted by Crippen LogP contribution is 2.31. The van der Waals surface area contributed by atoms with Gasteiger partial charge in [-0.1, -0.05) is 51.3 Å². The van der Waals surface area contributed by atoms with Gasteiger partial charge in [-0.15, -0.1) is 0 Å². The Kier molecular flexibility index (Phi) is 3.29. The maximum Gasteiger partial charge on any atom is 0.138 e. The third kappa shape index (κ3) is 2.27. The third-order valence-electron chi connectivity index (χ3n) is 3.05. The number of H-pyrrole nitrogens is 1. The molecule has 0 amide bonds. The number of hydrogen-bond donors (Lipinski definition) is 1. The van der Waals surface area contributed by atoms with Gasteiger partial charge in [0.15, 0.2) is 0 Å². The molecule has 0 atom stereocenters. The molecule has 0 aliphatic carbocycles. The van der Waals surface area contributed by atoms with Crippen LogP contribution in [0.15, 0.2) is 34.8 Å². The molecule has 0 saturated heterocycles. The highest BCUT2D eigenvalue weighted by atomic mass is 79.9. The number of rotatable bonds is 1. The van der Waals surface area contributed by atoms with E-state index in [9.17, 15) is 0 Å². The Morgan fingerprint density at radius 2 is 1.89 bits per heavy atom. The molecule has 0 unspecified atom stereocenters. The summed E-state index contributed by atoms with van der Waals surface area (Å²) in [6.07, 6.45) is 0. The van der Waals surface area contributed by atoms with Crippen LogP contribution in [0.2, 0.25) is 10.0 Å². The first-order chi connectivity index (χ1) is 9.06. The molecule has 1 aromatic heterocycles. The molecule has 0 saturated carbocycles. The molecule has 0 radical (unpaired) electrons. The quantitative estimate of drug-likeness (QED) is 0.604. The molecule has 2 aromatic carbocycles. The fraction of sp³-hybridized carbons (Fsp3) is 0.0714. The van der Waals surface area contributed by atoms with Crippen molar-refractivity contribution < 1.29 is 0 Å². The Morgan fingerprint density at radius 3 is 2.68 bits per heavy atom. The smallest absolute Gasteiger partial charge is 0.138 e. The minimum Gasteiger partial charge on any atom is -0.338 e. The Morgan fingerprint density at radius 1 is 1.16 bits per heavy atom. The third-order valence-corrected chi connectivity index (χ3v) is 4.63. The average Bonchev–Trinajstić information content (AvgIpc) is 2.76. The minimum atomic E-state index is 0.512. The van der Waals surface area contributed by atoms with Gasteiger partial charge in [-0.3, -0.25) is 0 Å². The topological polar surface area (TPSA) is 28.7 Å². The van der Waals surface area contributed by atoms with Crippen molar-refractivity contribution in [2.45, 2.75) is 6.92 Å². The van der Waals surface area contributed by atoms with Crippen LogP contribution in [0.25, 0.3) is 22.4 Å². The van der Waals surface area contributed by atoms with Crippen LogP contribution in [0.3, 0.4) is 0 Å². The van der Waals surface area contributed by atoms with Crippen molar-refractivity contribution in [1.29, 1.82) is 0 Å². The summed E-state index contributed by atoms with van der Waals surface area (Å²) in [6.45, 7) is 2.05. The van der Waals surface area contributed by atoms with Crippen molar-refractivity contribution >= 4 is 50.2 Å². The van der Waals surface area contributed by atoms with E-state index in [-0.39, 0.29) is 0 Å². The molecule has 5 heteroatoms. The van der Waals surface area contributed by atoms with Crippen LogP contribution in [0, 0.1) is 6.92 Å². The van der Waals surface area contributed by atoms with Gasteiger partial charge in [-0.05, 0) is 30.7 Å². The Bertz CT molecular complexity index is 741. The summed E-state index contributed by atoms with van der Waals surface area (Å²) in [5.41, 5.74) is 3.88. The van der Waals surface area contributed by atoms with Crippen LogP contribution >= 0.6 is 39.1 Å². The van der Waals surface area contributed by atoms with Crippen molar-refractivity contribution in [3.05, 3.63) is 50.4 Å². The number of halogens is 3. The van der Waals surface area contributed by atoms with Gasteiger partial charge in [0.1, 0.15) is 5.82 Å². The fourth-order valence-electron chi connectivity index (χ4n) is 2.00. The molecule has 0 bridgehead atoms. The lowest BCUT2D eigenvalue weighted by molar-refractivity contribution is 1.30. The first-order valence-corrected chi connectivity index (χ1v) is 7.21. The Labute approximate surface area is 128 Å². The van der Waals surface area contributed by atoms with E-state index >= 15 is 0 Å². The van der Waals surface area contributed by atoms with Gasteiger partial charge in [0.05, 0.1) is 21.1 Å². The van der Waals surface area contributed by atoms with E-state index in [0.717, 1.165) is 32.5 Å². The zero-order chi connectivity index (χ0) is 13.6. The van der Waals surface area contributed by atoms with Gasteiger partial charge in [0.25, 0.3) is 0 Å². The Balaban J connectivity index is 2.23. The summed E-state index contributed by atoms with van der Waals surface area (Å²) >= 11 is 15.5. The van der Waals surface area contributed by atoms with Gasteiger partial charge in [0, 0.05) is 10.0 Å². The van der Waals surface area contributed by atoms with Gasteiger partial charge in [-0.2, -0.15) is 0 Å². The summed E-state index contributed by atoms with van der Waals surface area (Å²) in [7, 11) is 0. The standard InChI is InChI=1S/C14H9BrCl2N2/c1-7-8(3-2-4-9(7)15)14-18-12-5-10(16)11(17)6-13(12)19-14/h2-6H,1H3,(H,18,19).